The minimum absolute atomic E-state index is 0.0880. The summed E-state index contributed by atoms with van der Waals surface area (Å²) >= 11 is 1.41. The van der Waals surface area contributed by atoms with Crippen LogP contribution in [0.25, 0.3) is 10.1 Å². The number of nitrogens with zero attached hydrogens (tertiary/aromatic N) is 2. The number of rotatable bonds is 7. The van der Waals surface area contributed by atoms with E-state index in [1.54, 1.807) is 23.1 Å². The molecular formula is C20H19N3O3S. The van der Waals surface area contributed by atoms with Crippen molar-refractivity contribution in [3.63, 3.8) is 0 Å². The van der Waals surface area contributed by atoms with Crippen LogP contribution < -0.4 is 10.2 Å². The SMILES string of the molecule is N#Cc1cc(NC(=O)c2cc3ccccc3s2)ccc1N(CCO)CCO. The van der Waals surface area contributed by atoms with E-state index in [2.05, 4.69) is 11.4 Å². The third-order valence-corrected chi connectivity index (χ3v) is 5.22. The number of nitrogens with one attached hydrogen (secondary N) is 1. The zero-order valence-corrected chi connectivity index (χ0v) is 15.4. The summed E-state index contributed by atoms with van der Waals surface area (Å²) < 4.78 is 1.04. The van der Waals surface area contributed by atoms with E-state index in [-0.39, 0.29) is 19.1 Å². The fraction of sp³-hybridized carbons (Fsp3) is 0.200. The predicted octanol–water partition coefficient (Wildman–Crippen LogP) is 2.82. The Morgan fingerprint density at radius 3 is 2.52 bits per heavy atom. The molecule has 0 unspecified atom stereocenters. The quantitative estimate of drug-likeness (QED) is 0.585. The average molecular weight is 381 g/mol. The van der Waals surface area contributed by atoms with Gasteiger partial charge in [0.05, 0.1) is 29.3 Å². The third-order valence-electron chi connectivity index (χ3n) is 4.10. The van der Waals surface area contributed by atoms with Gasteiger partial charge < -0.3 is 20.4 Å². The van der Waals surface area contributed by atoms with E-state index in [4.69, 9.17) is 0 Å². The molecule has 3 aromatic rings. The lowest BCUT2D eigenvalue weighted by molar-refractivity contribution is 0.103. The lowest BCUT2D eigenvalue weighted by Crippen LogP contribution is -2.30. The number of anilines is 2. The van der Waals surface area contributed by atoms with Crippen LogP contribution in [0.4, 0.5) is 11.4 Å². The smallest absolute Gasteiger partial charge is 0.265 e. The molecule has 3 N–H and O–H groups in total. The number of carbonyl (C=O) groups excluding carboxylic acids is 1. The Hall–Kier alpha value is -2.92. The summed E-state index contributed by atoms with van der Waals surface area (Å²) in [6, 6.07) is 16.8. The minimum atomic E-state index is -0.226. The van der Waals surface area contributed by atoms with Crippen molar-refractivity contribution >= 4 is 38.7 Å². The van der Waals surface area contributed by atoms with E-state index < -0.39 is 0 Å². The van der Waals surface area contributed by atoms with Gasteiger partial charge in [-0.1, -0.05) is 18.2 Å². The lowest BCUT2D eigenvalue weighted by Gasteiger charge is -2.24. The van der Waals surface area contributed by atoms with Gasteiger partial charge in [-0.15, -0.1) is 11.3 Å². The number of hydrogen-bond donors (Lipinski definition) is 3. The zero-order valence-electron chi connectivity index (χ0n) is 14.6. The first-order valence-electron chi connectivity index (χ1n) is 8.47. The highest BCUT2D eigenvalue weighted by molar-refractivity contribution is 7.20. The molecule has 1 aromatic heterocycles. The van der Waals surface area contributed by atoms with Crippen molar-refractivity contribution in [1.29, 1.82) is 5.26 Å². The molecule has 7 heteroatoms. The van der Waals surface area contributed by atoms with Crippen molar-refractivity contribution in [2.24, 2.45) is 0 Å². The topological polar surface area (TPSA) is 96.6 Å². The van der Waals surface area contributed by atoms with Crippen molar-refractivity contribution in [2.45, 2.75) is 0 Å². The van der Waals surface area contributed by atoms with Gasteiger partial charge in [-0.2, -0.15) is 5.26 Å². The van der Waals surface area contributed by atoms with Gasteiger partial charge in [0.25, 0.3) is 5.91 Å². The van der Waals surface area contributed by atoms with Gasteiger partial charge in [-0.25, -0.2) is 0 Å². The maximum Gasteiger partial charge on any atom is 0.265 e. The largest absolute Gasteiger partial charge is 0.395 e. The summed E-state index contributed by atoms with van der Waals surface area (Å²) in [7, 11) is 0. The summed E-state index contributed by atoms with van der Waals surface area (Å²) in [6.07, 6.45) is 0. The predicted molar refractivity (Wildman–Crippen MR) is 107 cm³/mol. The Morgan fingerprint density at radius 2 is 1.85 bits per heavy atom. The first kappa shape index (κ1) is 18.9. The van der Waals surface area contributed by atoms with Gasteiger partial charge in [0.2, 0.25) is 0 Å². The Balaban J connectivity index is 1.82. The molecular weight excluding hydrogens is 362 g/mol. The monoisotopic (exact) mass is 381 g/mol. The van der Waals surface area contributed by atoms with Gasteiger partial charge >= 0.3 is 0 Å². The fourth-order valence-electron chi connectivity index (χ4n) is 2.86. The standard InChI is InChI=1S/C20H19N3O3S/c21-13-15-11-16(5-6-17(15)23(7-9-24)8-10-25)22-20(26)19-12-14-3-1-2-4-18(14)27-19/h1-6,11-12,24-25H,7-10H2,(H,22,26). The summed E-state index contributed by atoms with van der Waals surface area (Å²) in [5.74, 6) is -0.226. The highest BCUT2D eigenvalue weighted by Gasteiger charge is 2.14. The molecule has 1 heterocycles. The number of aliphatic hydroxyl groups is 2. The van der Waals surface area contributed by atoms with E-state index in [0.29, 0.717) is 34.9 Å². The van der Waals surface area contributed by atoms with Crippen molar-refractivity contribution in [1.82, 2.24) is 0 Å². The average Bonchev–Trinajstić information content (AvgIpc) is 3.12. The molecule has 2 aromatic carbocycles. The molecule has 0 atom stereocenters. The molecule has 3 rings (SSSR count). The van der Waals surface area contributed by atoms with E-state index in [9.17, 15) is 20.3 Å². The van der Waals surface area contributed by atoms with Gasteiger partial charge in [-0.05, 0) is 35.7 Å². The van der Waals surface area contributed by atoms with Crippen LogP contribution in [0.15, 0.2) is 48.5 Å². The molecule has 27 heavy (non-hydrogen) atoms. The number of thiophene rings is 1. The second kappa shape index (κ2) is 8.64. The molecule has 0 saturated carbocycles. The summed E-state index contributed by atoms with van der Waals surface area (Å²) in [5, 5.41) is 31.7. The molecule has 0 aliphatic rings. The first-order valence-corrected chi connectivity index (χ1v) is 9.28. The zero-order chi connectivity index (χ0) is 19.2. The molecule has 0 fully saturated rings. The molecule has 0 radical (unpaired) electrons. The maximum absolute atomic E-state index is 12.5. The number of benzene rings is 2. The normalized spacial score (nSPS) is 10.6. The second-order valence-electron chi connectivity index (χ2n) is 5.88. The van der Waals surface area contributed by atoms with E-state index in [1.807, 2.05) is 30.3 Å². The molecule has 138 valence electrons. The van der Waals surface area contributed by atoms with Crippen LogP contribution in [0.1, 0.15) is 15.2 Å². The number of hydrogen-bond acceptors (Lipinski definition) is 6. The van der Waals surface area contributed by atoms with Crippen LogP contribution in [-0.4, -0.2) is 42.4 Å². The molecule has 1 amide bonds. The third kappa shape index (κ3) is 4.26. The molecule has 0 aliphatic heterocycles. The minimum Gasteiger partial charge on any atom is -0.395 e. The Kier molecular flexibility index (Phi) is 6.04. The van der Waals surface area contributed by atoms with Crippen LogP contribution in [0.3, 0.4) is 0 Å². The number of fused-ring (bicyclic) bond motifs is 1. The van der Waals surface area contributed by atoms with E-state index in [1.165, 1.54) is 11.3 Å². The Labute approximate surface area is 160 Å². The Morgan fingerprint density at radius 1 is 1.11 bits per heavy atom. The number of nitriles is 1. The number of carbonyl (C=O) groups is 1. The van der Waals surface area contributed by atoms with Crippen LogP contribution >= 0.6 is 11.3 Å². The summed E-state index contributed by atoms with van der Waals surface area (Å²) in [6.45, 7) is 0.441. The van der Waals surface area contributed by atoms with Gasteiger partial charge in [-0.3, -0.25) is 4.79 Å². The summed E-state index contributed by atoms with van der Waals surface area (Å²) in [5.41, 5.74) is 1.50. The summed E-state index contributed by atoms with van der Waals surface area (Å²) in [4.78, 5) is 14.9. The van der Waals surface area contributed by atoms with Gasteiger partial charge in [0.15, 0.2) is 0 Å². The van der Waals surface area contributed by atoms with Crippen molar-refractivity contribution in [2.75, 3.05) is 36.5 Å². The van der Waals surface area contributed by atoms with Crippen LogP contribution in [-0.2, 0) is 0 Å². The van der Waals surface area contributed by atoms with Crippen LogP contribution in [0.2, 0.25) is 0 Å². The molecule has 6 nitrogen and oxygen atoms in total. The van der Waals surface area contributed by atoms with E-state index >= 15 is 0 Å². The highest BCUT2D eigenvalue weighted by Crippen LogP contribution is 2.27. The highest BCUT2D eigenvalue weighted by atomic mass is 32.1. The van der Waals surface area contributed by atoms with Gasteiger partial charge in [0.1, 0.15) is 6.07 Å². The van der Waals surface area contributed by atoms with Crippen LogP contribution in [0, 0.1) is 11.3 Å². The Bertz CT molecular complexity index is 955. The maximum atomic E-state index is 12.5. The fourth-order valence-corrected chi connectivity index (χ4v) is 3.82. The van der Waals surface area contributed by atoms with Crippen molar-refractivity contribution in [3.05, 3.63) is 59.0 Å². The molecule has 0 aliphatic carbocycles. The molecule has 0 spiro atoms. The van der Waals surface area contributed by atoms with E-state index in [0.717, 1.165) is 10.1 Å². The molecule has 0 saturated heterocycles. The number of aliphatic hydroxyl groups excluding tert-OH is 2. The van der Waals surface area contributed by atoms with Gasteiger partial charge in [0, 0.05) is 23.5 Å². The van der Waals surface area contributed by atoms with Crippen molar-refractivity contribution in [3.8, 4) is 6.07 Å². The van der Waals surface area contributed by atoms with Crippen molar-refractivity contribution < 1.29 is 15.0 Å². The number of amides is 1. The molecule has 0 bridgehead atoms. The van der Waals surface area contributed by atoms with Crippen LogP contribution in [0.5, 0.6) is 0 Å². The first-order chi connectivity index (χ1) is 13.2. The lowest BCUT2D eigenvalue weighted by atomic mass is 10.1. The second-order valence-corrected chi connectivity index (χ2v) is 6.96.